The number of rotatable bonds is 2. The van der Waals surface area contributed by atoms with Crippen LogP contribution in [0.15, 0.2) is 18.2 Å². The molecule has 0 unspecified atom stereocenters. The Morgan fingerprint density at radius 3 is 1.80 bits per heavy atom. The van der Waals surface area contributed by atoms with Gasteiger partial charge in [-0.15, -0.1) is 0 Å². The Kier molecular flexibility index (Phi) is 4.01. The summed E-state index contributed by atoms with van der Waals surface area (Å²) >= 11 is 0. The first-order chi connectivity index (χ1) is 8.80. The molecule has 1 atom stereocenters. The zero-order chi connectivity index (χ0) is 15.9. The largest absolute Gasteiger partial charge is 0.455 e. The number of hydrogen-bond donors (Lipinski definition) is 1. The fraction of sp³-hybridized carbons (Fsp3) is 0.400. The van der Waals surface area contributed by atoms with Gasteiger partial charge >= 0.3 is 18.3 Å². The normalized spacial score (nSPS) is 15.3. The Morgan fingerprint density at radius 2 is 1.40 bits per heavy atom. The smallest absolute Gasteiger partial charge is 0.319 e. The minimum absolute atomic E-state index is 0.171. The van der Waals surface area contributed by atoms with Crippen LogP contribution in [0.4, 0.5) is 39.5 Å². The molecule has 0 aromatic heterocycles. The zero-order valence-electron chi connectivity index (χ0n) is 9.29. The average molecular weight is 311 g/mol. The van der Waals surface area contributed by atoms with Crippen molar-refractivity contribution in [3.8, 4) is 0 Å². The van der Waals surface area contributed by atoms with Crippen LogP contribution in [-0.4, -0.2) is 12.1 Å². The third kappa shape index (κ3) is 2.84. The van der Waals surface area contributed by atoms with Gasteiger partial charge in [-0.05, 0) is 12.1 Å². The van der Waals surface area contributed by atoms with Gasteiger partial charge in [-0.1, -0.05) is 6.07 Å². The third-order valence-corrected chi connectivity index (χ3v) is 2.44. The van der Waals surface area contributed by atoms with Gasteiger partial charge in [0, 0.05) is 5.56 Å². The molecular weight excluding hydrogens is 305 g/mol. The van der Waals surface area contributed by atoms with E-state index >= 15 is 0 Å². The Labute approximate surface area is 106 Å². The van der Waals surface area contributed by atoms with Gasteiger partial charge in [-0.25, -0.2) is 4.39 Å². The third-order valence-electron chi connectivity index (χ3n) is 2.44. The lowest BCUT2D eigenvalue weighted by Gasteiger charge is -2.28. The molecule has 2 N–H and O–H groups in total. The summed E-state index contributed by atoms with van der Waals surface area (Å²) in [7, 11) is 0. The van der Waals surface area contributed by atoms with Crippen LogP contribution in [0.5, 0.6) is 0 Å². The predicted octanol–water partition coefficient (Wildman–Crippen LogP) is 4.04. The SMILES string of the molecule is N[C@@H](c1c(F)cccc1C(F)(F)F)C(F)(F)C(F)(F)F. The number of alkyl halides is 8. The summed E-state index contributed by atoms with van der Waals surface area (Å²) in [4.78, 5) is 0. The van der Waals surface area contributed by atoms with E-state index in [1.54, 1.807) is 0 Å². The minimum atomic E-state index is -6.21. The van der Waals surface area contributed by atoms with Gasteiger partial charge in [0.1, 0.15) is 11.9 Å². The van der Waals surface area contributed by atoms with Gasteiger partial charge < -0.3 is 5.73 Å². The monoisotopic (exact) mass is 311 g/mol. The first-order valence-corrected chi connectivity index (χ1v) is 4.86. The molecule has 0 amide bonds. The standard InChI is InChI=1S/C10H6F9N/c11-5-3-1-2-4(9(14,15)16)6(5)7(20)8(12,13)10(17,18)19/h1-3,7H,20H2/t7-/m0/s1. The van der Waals surface area contributed by atoms with Crippen LogP contribution in [0.3, 0.4) is 0 Å². The fourth-order valence-electron chi connectivity index (χ4n) is 1.46. The van der Waals surface area contributed by atoms with Crippen LogP contribution < -0.4 is 5.73 Å². The molecule has 1 aromatic carbocycles. The van der Waals surface area contributed by atoms with Gasteiger partial charge in [0.25, 0.3) is 0 Å². The molecule has 1 nitrogen and oxygen atoms in total. The molecule has 0 heterocycles. The molecule has 0 bridgehead atoms. The first-order valence-electron chi connectivity index (χ1n) is 4.86. The molecule has 114 valence electrons. The highest BCUT2D eigenvalue weighted by Crippen LogP contribution is 2.46. The lowest BCUT2D eigenvalue weighted by molar-refractivity contribution is -0.291. The minimum Gasteiger partial charge on any atom is -0.319 e. The predicted molar refractivity (Wildman–Crippen MR) is 49.3 cm³/mol. The maximum Gasteiger partial charge on any atom is 0.455 e. The van der Waals surface area contributed by atoms with Crippen LogP contribution >= 0.6 is 0 Å². The van der Waals surface area contributed by atoms with Crippen molar-refractivity contribution in [2.24, 2.45) is 5.73 Å². The molecule has 0 radical (unpaired) electrons. The number of benzene rings is 1. The van der Waals surface area contributed by atoms with Crippen molar-refractivity contribution in [2.75, 3.05) is 0 Å². The van der Waals surface area contributed by atoms with E-state index in [0.29, 0.717) is 12.1 Å². The summed E-state index contributed by atoms with van der Waals surface area (Å²) in [5.74, 6) is -7.61. The van der Waals surface area contributed by atoms with E-state index in [4.69, 9.17) is 0 Å². The Bertz CT molecular complexity index is 488. The van der Waals surface area contributed by atoms with E-state index in [2.05, 4.69) is 5.73 Å². The molecule has 0 saturated carbocycles. The van der Waals surface area contributed by atoms with E-state index in [0.717, 1.165) is 0 Å². The van der Waals surface area contributed by atoms with E-state index in [9.17, 15) is 39.5 Å². The van der Waals surface area contributed by atoms with Gasteiger partial charge in [0.15, 0.2) is 0 Å². The quantitative estimate of drug-likeness (QED) is 0.820. The zero-order valence-corrected chi connectivity index (χ0v) is 9.29. The van der Waals surface area contributed by atoms with Crippen molar-refractivity contribution in [3.05, 3.63) is 35.1 Å². The maximum absolute atomic E-state index is 13.3. The van der Waals surface area contributed by atoms with Crippen LogP contribution in [0.2, 0.25) is 0 Å². The van der Waals surface area contributed by atoms with Crippen molar-refractivity contribution >= 4 is 0 Å². The first kappa shape index (κ1) is 16.6. The van der Waals surface area contributed by atoms with Crippen molar-refractivity contribution in [1.29, 1.82) is 0 Å². The van der Waals surface area contributed by atoms with Gasteiger partial charge in [0.2, 0.25) is 0 Å². The summed E-state index contributed by atoms with van der Waals surface area (Å²) in [5.41, 5.74) is 0.641. The summed E-state index contributed by atoms with van der Waals surface area (Å²) in [6, 6.07) is -2.50. The lowest BCUT2D eigenvalue weighted by Crippen LogP contribution is -2.46. The molecule has 0 spiro atoms. The van der Waals surface area contributed by atoms with Crippen molar-refractivity contribution in [2.45, 2.75) is 24.3 Å². The van der Waals surface area contributed by atoms with Crippen LogP contribution in [0.25, 0.3) is 0 Å². The molecular formula is C10H6F9N. The lowest BCUT2D eigenvalue weighted by atomic mass is 9.95. The van der Waals surface area contributed by atoms with E-state index in [1.807, 2.05) is 0 Å². The molecule has 0 saturated heterocycles. The number of nitrogens with two attached hydrogens (primary N) is 1. The Balaban J connectivity index is 3.48. The van der Waals surface area contributed by atoms with Crippen LogP contribution in [0.1, 0.15) is 17.2 Å². The average Bonchev–Trinajstić information content (AvgIpc) is 2.24. The highest BCUT2D eigenvalue weighted by Gasteiger charge is 2.63. The molecule has 20 heavy (non-hydrogen) atoms. The summed E-state index contributed by atoms with van der Waals surface area (Å²) in [6.45, 7) is 0. The number of halogens is 9. The molecule has 0 aliphatic heterocycles. The Morgan fingerprint density at radius 1 is 0.900 bits per heavy atom. The summed E-state index contributed by atoms with van der Waals surface area (Å²) < 4.78 is 113. The molecule has 0 fully saturated rings. The highest BCUT2D eigenvalue weighted by molar-refractivity contribution is 5.35. The van der Waals surface area contributed by atoms with Crippen LogP contribution in [-0.2, 0) is 6.18 Å². The Hall–Kier alpha value is -1.45. The van der Waals surface area contributed by atoms with Crippen molar-refractivity contribution in [1.82, 2.24) is 0 Å². The second-order valence-electron chi connectivity index (χ2n) is 3.80. The highest BCUT2D eigenvalue weighted by atomic mass is 19.4. The van der Waals surface area contributed by atoms with E-state index in [1.165, 1.54) is 0 Å². The van der Waals surface area contributed by atoms with Crippen molar-refractivity contribution < 1.29 is 39.5 Å². The second kappa shape index (κ2) is 4.83. The topological polar surface area (TPSA) is 26.0 Å². The van der Waals surface area contributed by atoms with Gasteiger partial charge in [-0.2, -0.15) is 35.1 Å². The van der Waals surface area contributed by atoms with Gasteiger partial charge in [0.05, 0.1) is 5.56 Å². The molecule has 10 heteroatoms. The second-order valence-corrected chi connectivity index (χ2v) is 3.80. The summed E-state index contributed by atoms with van der Waals surface area (Å²) in [6.07, 6.45) is -11.5. The van der Waals surface area contributed by atoms with Crippen LogP contribution in [0, 0.1) is 5.82 Å². The van der Waals surface area contributed by atoms with Gasteiger partial charge in [-0.3, -0.25) is 0 Å². The maximum atomic E-state index is 13.3. The van der Waals surface area contributed by atoms with E-state index < -0.39 is 41.3 Å². The number of hydrogen-bond acceptors (Lipinski definition) is 1. The van der Waals surface area contributed by atoms with E-state index in [-0.39, 0.29) is 6.07 Å². The molecule has 1 aromatic rings. The van der Waals surface area contributed by atoms with Crippen molar-refractivity contribution in [3.63, 3.8) is 0 Å². The fourth-order valence-corrected chi connectivity index (χ4v) is 1.46. The molecule has 1 rings (SSSR count). The summed E-state index contributed by atoms with van der Waals surface area (Å²) in [5, 5.41) is 0. The molecule has 0 aliphatic carbocycles. The molecule has 0 aliphatic rings.